The average Bonchev–Trinajstić information content (AvgIpc) is 2.80. The number of carbonyl (C=O) groups is 2. The number of nitrogen functional groups attached to an aromatic ring is 1. The third-order valence-corrected chi connectivity index (χ3v) is 3.19. The number of nitrogens with one attached hydrogen (secondary N) is 2. The van der Waals surface area contributed by atoms with Crippen molar-refractivity contribution in [3.8, 4) is 0 Å². The van der Waals surface area contributed by atoms with Gasteiger partial charge in [0.15, 0.2) is 0 Å². The van der Waals surface area contributed by atoms with E-state index < -0.39 is 12.0 Å². The smallest absolute Gasteiger partial charge is 0.328 e. The zero-order valence-corrected chi connectivity index (χ0v) is 12.5. The van der Waals surface area contributed by atoms with E-state index >= 15 is 0 Å². The largest absolute Gasteiger partial charge is 0.467 e. The lowest BCUT2D eigenvalue weighted by Crippen LogP contribution is -2.43. The summed E-state index contributed by atoms with van der Waals surface area (Å²) in [5.41, 5.74) is 5.37. The van der Waals surface area contributed by atoms with Gasteiger partial charge >= 0.3 is 5.97 Å². The highest BCUT2D eigenvalue weighted by Crippen LogP contribution is 2.13. The van der Waals surface area contributed by atoms with Crippen LogP contribution in [-0.4, -0.2) is 46.0 Å². The number of carbonyl (C=O) groups excluding carboxylic acids is 2. The SMILES string of the molecule is COC(=O)[C@H](CC(C)C)NC(=O)CSc1n[nH]c(N)n1. The van der Waals surface area contributed by atoms with Gasteiger partial charge in [-0.05, 0) is 12.3 Å². The molecule has 0 aromatic carbocycles. The van der Waals surface area contributed by atoms with Gasteiger partial charge in [0, 0.05) is 0 Å². The Morgan fingerprint density at radius 1 is 1.50 bits per heavy atom. The van der Waals surface area contributed by atoms with Gasteiger partial charge in [-0.25, -0.2) is 9.89 Å². The van der Waals surface area contributed by atoms with E-state index in [9.17, 15) is 9.59 Å². The molecule has 20 heavy (non-hydrogen) atoms. The molecule has 0 saturated carbocycles. The number of hydrogen-bond donors (Lipinski definition) is 3. The van der Waals surface area contributed by atoms with Gasteiger partial charge in [0.1, 0.15) is 6.04 Å². The quantitative estimate of drug-likeness (QED) is 0.485. The zero-order chi connectivity index (χ0) is 15.1. The molecule has 0 aliphatic carbocycles. The minimum atomic E-state index is -0.634. The molecule has 1 rings (SSSR count). The van der Waals surface area contributed by atoms with Crippen LogP contribution in [0.3, 0.4) is 0 Å². The Kier molecular flexibility index (Phi) is 6.29. The predicted octanol–water partition coefficient (Wildman–Crippen LogP) is 0.183. The minimum Gasteiger partial charge on any atom is -0.467 e. The van der Waals surface area contributed by atoms with Crippen molar-refractivity contribution in [1.29, 1.82) is 0 Å². The van der Waals surface area contributed by atoms with Gasteiger partial charge in [0.25, 0.3) is 0 Å². The summed E-state index contributed by atoms with van der Waals surface area (Å²) in [5, 5.41) is 9.30. The first kappa shape index (κ1) is 16.3. The number of nitrogens with zero attached hydrogens (tertiary/aromatic N) is 2. The summed E-state index contributed by atoms with van der Waals surface area (Å²) < 4.78 is 4.67. The molecule has 8 nitrogen and oxygen atoms in total. The number of anilines is 1. The molecule has 0 fully saturated rings. The molecule has 0 spiro atoms. The number of esters is 1. The molecule has 0 unspecified atom stereocenters. The lowest BCUT2D eigenvalue weighted by molar-refractivity contribution is -0.145. The van der Waals surface area contributed by atoms with Gasteiger partial charge in [-0.3, -0.25) is 4.79 Å². The number of nitrogens with two attached hydrogens (primary N) is 1. The van der Waals surface area contributed by atoms with E-state index in [0.717, 1.165) is 11.8 Å². The molecular weight excluding hydrogens is 282 g/mol. The van der Waals surface area contributed by atoms with E-state index in [-0.39, 0.29) is 23.5 Å². The second-order valence-electron chi connectivity index (χ2n) is 4.56. The molecule has 1 amide bonds. The maximum absolute atomic E-state index is 11.8. The van der Waals surface area contributed by atoms with Crippen LogP contribution in [0.5, 0.6) is 0 Å². The molecule has 1 aromatic rings. The van der Waals surface area contributed by atoms with Crippen LogP contribution in [0.1, 0.15) is 20.3 Å². The summed E-state index contributed by atoms with van der Waals surface area (Å²) in [7, 11) is 1.30. The van der Waals surface area contributed by atoms with Gasteiger partial charge in [-0.1, -0.05) is 25.6 Å². The third-order valence-electron chi connectivity index (χ3n) is 2.34. The Labute approximate surface area is 121 Å². The molecule has 1 atom stereocenters. The number of methoxy groups -OCH3 is 1. The fourth-order valence-corrected chi connectivity index (χ4v) is 2.13. The molecular formula is C11H19N5O3S. The van der Waals surface area contributed by atoms with Crippen molar-refractivity contribution in [1.82, 2.24) is 20.5 Å². The molecule has 0 aliphatic rings. The van der Waals surface area contributed by atoms with Crippen molar-refractivity contribution in [2.75, 3.05) is 18.6 Å². The van der Waals surface area contributed by atoms with Crippen molar-refractivity contribution in [3.05, 3.63) is 0 Å². The molecule has 1 heterocycles. The number of ether oxygens (including phenoxy) is 1. The van der Waals surface area contributed by atoms with Crippen LogP contribution in [0.2, 0.25) is 0 Å². The molecule has 0 bridgehead atoms. The molecule has 0 aliphatic heterocycles. The van der Waals surface area contributed by atoms with Crippen molar-refractivity contribution in [2.45, 2.75) is 31.5 Å². The maximum atomic E-state index is 11.8. The lowest BCUT2D eigenvalue weighted by Gasteiger charge is -2.17. The van der Waals surface area contributed by atoms with Gasteiger partial charge in [0.05, 0.1) is 12.9 Å². The fraction of sp³-hybridized carbons (Fsp3) is 0.636. The van der Waals surface area contributed by atoms with Crippen LogP contribution in [0, 0.1) is 5.92 Å². The third kappa shape index (κ3) is 5.47. The Morgan fingerprint density at radius 3 is 2.70 bits per heavy atom. The number of thioether (sulfide) groups is 1. The first-order chi connectivity index (χ1) is 9.42. The summed E-state index contributed by atoms with van der Waals surface area (Å²) in [6.45, 7) is 3.93. The summed E-state index contributed by atoms with van der Waals surface area (Å²) in [5.74, 6) is -0.170. The highest BCUT2D eigenvalue weighted by Gasteiger charge is 2.22. The normalized spacial score (nSPS) is 12.2. The number of H-pyrrole nitrogens is 1. The monoisotopic (exact) mass is 301 g/mol. The molecule has 0 radical (unpaired) electrons. The van der Waals surface area contributed by atoms with Crippen LogP contribution < -0.4 is 11.1 Å². The van der Waals surface area contributed by atoms with E-state index in [4.69, 9.17) is 5.73 Å². The fourth-order valence-electron chi connectivity index (χ4n) is 1.52. The van der Waals surface area contributed by atoms with Crippen LogP contribution in [-0.2, 0) is 14.3 Å². The number of rotatable bonds is 7. The molecule has 9 heteroatoms. The van der Waals surface area contributed by atoms with Crippen LogP contribution >= 0.6 is 11.8 Å². The number of amides is 1. The second-order valence-corrected chi connectivity index (χ2v) is 5.51. The van der Waals surface area contributed by atoms with Crippen molar-refractivity contribution in [2.24, 2.45) is 5.92 Å². The van der Waals surface area contributed by atoms with E-state index in [0.29, 0.717) is 11.6 Å². The van der Waals surface area contributed by atoms with Crippen LogP contribution in [0.25, 0.3) is 0 Å². The minimum absolute atomic E-state index is 0.100. The van der Waals surface area contributed by atoms with Gasteiger partial charge in [-0.15, -0.1) is 5.10 Å². The summed E-state index contributed by atoms with van der Waals surface area (Å²) in [6, 6.07) is -0.634. The van der Waals surface area contributed by atoms with Gasteiger partial charge < -0.3 is 15.8 Å². The van der Waals surface area contributed by atoms with Crippen molar-refractivity contribution < 1.29 is 14.3 Å². The average molecular weight is 301 g/mol. The van der Waals surface area contributed by atoms with Crippen LogP contribution in [0.4, 0.5) is 5.95 Å². The Hall–Kier alpha value is -1.77. The van der Waals surface area contributed by atoms with Gasteiger partial charge in [0.2, 0.25) is 17.0 Å². The lowest BCUT2D eigenvalue weighted by atomic mass is 10.0. The second kappa shape index (κ2) is 7.73. The molecule has 112 valence electrons. The topological polar surface area (TPSA) is 123 Å². The number of aromatic amines is 1. The molecule has 0 saturated heterocycles. The summed E-state index contributed by atoms with van der Waals surface area (Å²) >= 11 is 1.13. The van der Waals surface area contributed by atoms with Crippen molar-refractivity contribution >= 4 is 29.6 Å². The first-order valence-electron chi connectivity index (χ1n) is 6.10. The first-order valence-corrected chi connectivity index (χ1v) is 7.08. The van der Waals surface area contributed by atoms with Gasteiger partial charge in [-0.2, -0.15) is 4.98 Å². The number of hydrogen-bond acceptors (Lipinski definition) is 7. The summed E-state index contributed by atoms with van der Waals surface area (Å²) in [4.78, 5) is 27.2. The molecule has 4 N–H and O–H groups in total. The summed E-state index contributed by atoms with van der Waals surface area (Å²) in [6.07, 6.45) is 0.524. The Bertz CT molecular complexity index is 463. The Balaban J connectivity index is 2.46. The Morgan fingerprint density at radius 2 is 2.20 bits per heavy atom. The highest BCUT2D eigenvalue weighted by molar-refractivity contribution is 7.99. The van der Waals surface area contributed by atoms with E-state index in [1.54, 1.807) is 0 Å². The number of aromatic nitrogens is 3. The van der Waals surface area contributed by atoms with E-state index in [1.807, 2.05) is 13.8 Å². The van der Waals surface area contributed by atoms with Crippen LogP contribution in [0.15, 0.2) is 5.16 Å². The maximum Gasteiger partial charge on any atom is 0.328 e. The predicted molar refractivity (Wildman–Crippen MR) is 74.9 cm³/mol. The standard InChI is InChI=1S/C11H19N5O3S/c1-6(2)4-7(9(18)19-3)13-8(17)5-20-11-14-10(12)15-16-11/h6-7H,4-5H2,1-3H3,(H,13,17)(H3,12,14,15,16)/t7-/m0/s1. The van der Waals surface area contributed by atoms with E-state index in [1.165, 1.54) is 7.11 Å². The van der Waals surface area contributed by atoms with E-state index in [2.05, 4.69) is 25.2 Å². The van der Waals surface area contributed by atoms with Crippen molar-refractivity contribution in [3.63, 3.8) is 0 Å². The molecule has 1 aromatic heterocycles. The zero-order valence-electron chi connectivity index (χ0n) is 11.7. The highest BCUT2D eigenvalue weighted by atomic mass is 32.2.